The SMILES string of the molecule is Cc1ccc(NC(=O)c2nn(C(=O)CCC(=O)O)c(Cl)c2F)c(Cl)c1. The first-order valence-corrected chi connectivity index (χ1v) is 7.72. The maximum absolute atomic E-state index is 14.1. The van der Waals surface area contributed by atoms with Crippen molar-refractivity contribution >= 4 is 46.7 Å². The molecule has 2 aromatic rings. The van der Waals surface area contributed by atoms with Gasteiger partial charge in [-0.2, -0.15) is 9.78 Å². The molecule has 0 aliphatic carbocycles. The number of aliphatic carboxylic acids is 1. The van der Waals surface area contributed by atoms with E-state index in [4.69, 9.17) is 28.3 Å². The second kappa shape index (κ2) is 7.62. The van der Waals surface area contributed by atoms with Crippen molar-refractivity contribution in [1.82, 2.24) is 9.78 Å². The molecule has 1 aromatic carbocycles. The van der Waals surface area contributed by atoms with Crippen molar-refractivity contribution in [3.63, 3.8) is 0 Å². The van der Waals surface area contributed by atoms with Gasteiger partial charge in [0, 0.05) is 6.42 Å². The molecule has 1 aromatic heterocycles. The number of amides is 1. The smallest absolute Gasteiger partial charge is 0.303 e. The number of benzene rings is 1. The molecular formula is C15H12Cl2FN3O4. The highest BCUT2D eigenvalue weighted by Gasteiger charge is 2.26. The number of hydrogen-bond acceptors (Lipinski definition) is 4. The molecule has 0 saturated carbocycles. The summed E-state index contributed by atoms with van der Waals surface area (Å²) in [5, 5.41) is 14.0. The summed E-state index contributed by atoms with van der Waals surface area (Å²) in [5.41, 5.74) is 0.399. The molecule has 0 unspecified atom stereocenters. The maximum atomic E-state index is 14.1. The summed E-state index contributed by atoms with van der Waals surface area (Å²) in [4.78, 5) is 34.5. The van der Waals surface area contributed by atoms with Gasteiger partial charge in [0.25, 0.3) is 5.91 Å². The Morgan fingerprint density at radius 2 is 1.96 bits per heavy atom. The van der Waals surface area contributed by atoms with E-state index in [1.54, 1.807) is 19.1 Å². The Morgan fingerprint density at radius 3 is 2.56 bits per heavy atom. The predicted molar refractivity (Wildman–Crippen MR) is 88.8 cm³/mol. The Balaban J connectivity index is 2.24. The summed E-state index contributed by atoms with van der Waals surface area (Å²) in [6.45, 7) is 1.81. The lowest BCUT2D eigenvalue weighted by molar-refractivity contribution is -0.137. The number of carboxylic acids is 1. The Hall–Kier alpha value is -2.45. The van der Waals surface area contributed by atoms with Gasteiger partial charge in [0.05, 0.1) is 17.1 Å². The number of carbonyl (C=O) groups is 3. The van der Waals surface area contributed by atoms with E-state index < -0.39 is 47.3 Å². The number of nitrogens with zero attached hydrogens (tertiary/aromatic N) is 2. The van der Waals surface area contributed by atoms with Crippen molar-refractivity contribution in [3.05, 3.63) is 45.4 Å². The van der Waals surface area contributed by atoms with Gasteiger partial charge in [-0.15, -0.1) is 0 Å². The van der Waals surface area contributed by atoms with Crippen LogP contribution < -0.4 is 5.32 Å². The average Bonchev–Trinajstić information content (AvgIpc) is 2.84. The highest BCUT2D eigenvalue weighted by Crippen LogP contribution is 2.25. The van der Waals surface area contributed by atoms with Gasteiger partial charge < -0.3 is 10.4 Å². The number of rotatable bonds is 5. The van der Waals surface area contributed by atoms with Crippen molar-refractivity contribution in [2.75, 3.05) is 5.32 Å². The lowest BCUT2D eigenvalue weighted by atomic mass is 10.2. The van der Waals surface area contributed by atoms with E-state index in [0.717, 1.165) is 5.56 Å². The second-order valence-corrected chi connectivity index (χ2v) is 5.86. The minimum absolute atomic E-state index is 0.236. The zero-order chi connectivity index (χ0) is 18.7. The summed E-state index contributed by atoms with van der Waals surface area (Å²) in [5.74, 6) is -4.19. The van der Waals surface area contributed by atoms with Crippen LogP contribution in [0.4, 0.5) is 10.1 Å². The van der Waals surface area contributed by atoms with Crippen molar-refractivity contribution in [2.45, 2.75) is 19.8 Å². The van der Waals surface area contributed by atoms with E-state index in [1.165, 1.54) is 6.07 Å². The second-order valence-electron chi connectivity index (χ2n) is 5.09. The normalized spacial score (nSPS) is 10.6. The first-order chi connectivity index (χ1) is 11.7. The van der Waals surface area contributed by atoms with Crippen LogP contribution >= 0.6 is 23.2 Å². The first kappa shape index (κ1) is 18.9. The van der Waals surface area contributed by atoms with Crippen LogP contribution in [0.3, 0.4) is 0 Å². The van der Waals surface area contributed by atoms with Crippen LogP contribution in [-0.2, 0) is 4.79 Å². The van der Waals surface area contributed by atoms with Crippen LogP contribution in [0.25, 0.3) is 0 Å². The third-order valence-corrected chi connectivity index (χ3v) is 3.79. The highest BCUT2D eigenvalue weighted by molar-refractivity contribution is 6.34. The number of carboxylic acid groups (broad SMARTS) is 1. The number of halogens is 3. The van der Waals surface area contributed by atoms with Crippen molar-refractivity contribution in [2.24, 2.45) is 0 Å². The molecule has 1 heterocycles. The molecule has 0 saturated heterocycles. The van der Waals surface area contributed by atoms with Gasteiger partial charge in [0.2, 0.25) is 5.91 Å². The summed E-state index contributed by atoms with van der Waals surface area (Å²) in [7, 11) is 0. The molecule has 0 aliphatic rings. The Kier molecular flexibility index (Phi) is 5.76. The molecule has 2 rings (SSSR count). The van der Waals surface area contributed by atoms with E-state index >= 15 is 0 Å². The molecule has 2 N–H and O–H groups in total. The number of nitrogens with one attached hydrogen (secondary N) is 1. The third kappa shape index (κ3) is 4.34. The zero-order valence-electron chi connectivity index (χ0n) is 12.8. The van der Waals surface area contributed by atoms with Gasteiger partial charge in [-0.05, 0) is 24.6 Å². The Bertz CT molecular complexity index is 867. The molecule has 0 radical (unpaired) electrons. The van der Waals surface area contributed by atoms with Gasteiger partial charge in [0.1, 0.15) is 0 Å². The lowest BCUT2D eigenvalue weighted by Crippen LogP contribution is -2.17. The number of aryl methyl sites for hydroxylation is 1. The quantitative estimate of drug-likeness (QED) is 0.818. The topological polar surface area (TPSA) is 101 Å². The van der Waals surface area contributed by atoms with Gasteiger partial charge in [-0.25, -0.2) is 4.39 Å². The van der Waals surface area contributed by atoms with Crippen LogP contribution in [0, 0.1) is 12.7 Å². The summed E-state index contributed by atoms with van der Waals surface area (Å²) in [6.07, 6.45) is -0.918. The van der Waals surface area contributed by atoms with Crippen molar-refractivity contribution in [3.8, 4) is 0 Å². The van der Waals surface area contributed by atoms with Crippen LogP contribution in [0.15, 0.2) is 18.2 Å². The molecule has 0 fully saturated rings. The fourth-order valence-corrected chi connectivity index (χ4v) is 2.42. The van der Waals surface area contributed by atoms with Crippen LogP contribution in [-0.4, -0.2) is 32.7 Å². The van der Waals surface area contributed by atoms with E-state index in [9.17, 15) is 18.8 Å². The number of anilines is 1. The Morgan fingerprint density at radius 1 is 1.28 bits per heavy atom. The predicted octanol–water partition coefficient (Wildman–Crippen LogP) is 3.39. The number of hydrogen-bond donors (Lipinski definition) is 2. The number of carbonyl (C=O) groups excluding carboxylic acids is 2. The van der Waals surface area contributed by atoms with Gasteiger partial charge in [-0.3, -0.25) is 14.4 Å². The molecule has 25 heavy (non-hydrogen) atoms. The lowest BCUT2D eigenvalue weighted by Gasteiger charge is -2.06. The highest BCUT2D eigenvalue weighted by atomic mass is 35.5. The molecule has 10 heteroatoms. The fourth-order valence-electron chi connectivity index (χ4n) is 1.91. The van der Waals surface area contributed by atoms with E-state index in [0.29, 0.717) is 4.68 Å². The molecule has 0 aliphatic heterocycles. The maximum Gasteiger partial charge on any atom is 0.303 e. The van der Waals surface area contributed by atoms with Crippen molar-refractivity contribution in [1.29, 1.82) is 0 Å². The summed E-state index contributed by atoms with van der Waals surface area (Å²) in [6, 6.07) is 4.83. The molecule has 7 nitrogen and oxygen atoms in total. The minimum Gasteiger partial charge on any atom is -0.481 e. The van der Waals surface area contributed by atoms with Crippen LogP contribution in [0.5, 0.6) is 0 Å². The first-order valence-electron chi connectivity index (χ1n) is 6.97. The van der Waals surface area contributed by atoms with Gasteiger partial charge in [-0.1, -0.05) is 29.3 Å². The summed E-state index contributed by atoms with van der Waals surface area (Å²) >= 11 is 11.7. The molecule has 0 bridgehead atoms. The molecule has 132 valence electrons. The van der Waals surface area contributed by atoms with Crippen LogP contribution in [0.2, 0.25) is 10.2 Å². The van der Waals surface area contributed by atoms with E-state index in [1.807, 2.05) is 0 Å². The Labute approximate surface area is 151 Å². The third-order valence-electron chi connectivity index (χ3n) is 3.15. The zero-order valence-corrected chi connectivity index (χ0v) is 14.4. The molecule has 0 atom stereocenters. The van der Waals surface area contributed by atoms with Crippen LogP contribution in [0.1, 0.15) is 33.7 Å². The number of aromatic nitrogens is 2. The fraction of sp³-hybridized carbons (Fsp3) is 0.200. The molecule has 1 amide bonds. The monoisotopic (exact) mass is 387 g/mol. The summed E-state index contributed by atoms with van der Waals surface area (Å²) < 4.78 is 14.6. The standard InChI is InChI=1S/C15H12Cl2FN3O4/c1-7-2-3-9(8(16)6-7)19-15(25)13-12(18)14(17)21(20-13)10(22)4-5-11(23)24/h2-3,6H,4-5H2,1H3,(H,19,25)(H,23,24). The molecule has 0 spiro atoms. The average molecular weight is 388 g/mol. The van der Waals surface area contributed by atoms with E-state index in [-0.39, 0.29) is 10.7 Å². The van der Waals surface area contributed by atoms with Gasteiger partial charge >= 0.3 is 5.97 Å². The van der Waals surface area contributed by atoms with E-state index in [2.05, 4.69) is 10.4 Å². The minimum atomic E-state index is -1.20. The van der Waals surface area contributed by atoms with Gasteiger partial charge in [0.15, 0.2) is 16.7 Å². The molecular weight excluding hydrogens is 376 g/mol. The van der Waals surface area contributed by atoms with Crippen molar-refractivity contribution < 1.29 is 23.9 Å². The largest absolute Gasteiger partial charge is 0.481 e.